The predicted molar refractivity (Wildman–Crippen MR) is 150 cm³/mol. The summed E-state index contributed by atoms with van der Waals surface area (Å²) in [6.45, 7) is 0.640. The number of nitrogens with zero attached hydrogens (tertiary/aromatic N) is 2. The first-order valence-corrected chi connectivity index (χ1v) is 18.1. The molecule has 19 heteroatoms. The van der Waals surface area contributed by atoms with Crippen LogP contribution in [0.3, 0.4) is 0 Å². The molecule has 1 fully saturated rings. The van der Waals surface area contributed by atoms with Crippen molar-refractivity contribution in [3.05, 3.63) is 57.8 Å². The van der Waals surface area contributed by atoms with E-state index in [0.29, 0.717) is 18.1 Å². The van der Waals surface area contributed by atoms with Gasteiger partial charge in [-0.3, -0.25) is 8.98 Å². The molecule has 3 rings (SSSR count). The maximum Gasteiger partial charge on any atom is 0.408 e. The zero-order valence-electron chi connectivity index (χ0n) is 23.6. The molecule has 16 nitrogen and oxygen atoms in total. The highest BCUT2D eigenvalue weighted by atomic mass is 32.2. The highest BCUT2D eigenvalue weighted by Crippen LogP contribution is 2.42. The standard InChI is InChI=1S/C24H31N3O13S3/c1-5-37-21(29)18-19(40-43(4,35)36)20(28)27(41(2,31)32)22(25-18)24(12-11-17(13-24)15-39-42(3,33)34)26-23(30)38-14-16-9-7-6-8-10-16/h6-10,17H,5,11-15H2,1-4H3,(H,26,30). The van der Waals surface area contributed by atoms with Gasteiger partial charge in [-0.15, -0.1) is 0 Å². The molecule has 1 heterocycles. The van der Waals surface area contributed by atoms with Crippen LogP contribution in [-0.4, -0.2) is 78.3 Å². The molecule has 43 heavy (non-hydrogen) atoms. The smallest absolute Gasteiger partial charge is 0.408 e. The number of ether oxygens (including phenoxy) is 2. The summed E-state index contributed by atoms with van der Waals surface area (Å²) in [6.07, 6.45) is 0.760. The second kappa shape index (κ2) is 13.0. The van der Waals surface area contributed by atoms with Gasteiger partial charge in [-0.25, -0.2) is 23.0 Å². The van der Waals surface area contributed by atoms with Crippen LogP contribution in [0.2, 0.25) is 0 Å². The minimum absolute atomic E-state index is 0.119. The highest BCUT2D eigenvalue weighted by molar-refractivity contribution is 7.89. The Labute approximate surface area is 248 Å². The van der Waals surface area contributed by atoms with Gasteiger partial charge in [-0.05, 0) is 37.7 Å². The molecule has 0 radical (unpaired) electrons. The zero-order chi connectivity index (χ0) is 32.2. The van der Waals surface area contributed by atoms with E-state index < -0.39 is 76.6 Å². The van der Waals surface area contributed by atoms with E-state index in [-0.39, 0.29) is 43.1 Å². The molecule has 1 amide bonds. The fraction of sp³-hybridized carbons (Fsp3) is 0.500. The summed E-state index contributed by atoms with van der Waals surface area (Å²) in [5.74, 6) is -3.83. The van der Waals surface area contributed by atoms with E-state index >= 15 is 0 Å². The molecule has 2 atom stereocenters. The van der Waals surface area contributed by atoms with Crippen LogP contribution in [0.15, 0.2) is 35.1 Å². The lowest BCUT2D eigenvalue weighted by Crippen LogP contribution is -2.50. The molecule has 1 aliphatic carbocycles. The number of carbonyl (C=O) groups excluding carboxylic acids is 2. The average Bonchev–Trinajstić information content (AvgIpc) is 3.30. The Bertz CT molecular complexity index is 1760. The third-order valence-electron chi connectivity index (χ3n) is 6.16. The van der Waals surface area contributed by atoms with Crippen LogP contribution in [0.5, 0.6) is 5.75 Å². The average molecular weight is 666 g/mol. The lowest BCUT2D eigenvalue weighted by molar-refractivity contribution is 0.0515. The maximum atomic E-state index is 13.6. The zero-order valence-corrected chi connectivity index (χ0v) is 26.1. The minimum atomic E-state index is -4.62. The van der Waals surface area contributed by atoms with E-state index in [0.717, 1.165) is 6.26 Å². The molecule has 0 bridgehead atoms. The van der Waals surface area contributed by atoms with Crippen molar-refractivity contribution in [3.63, 3.8) is 0 Å². The van der Waals surface area contributed by atoms with Gasteiger partial charge in [0.15, 0.2) is 11.5 Å². The fourth-order valence-corrected chi connectivity index (χ4v) is 6.31. The number of rotatable bonds is 12. The monoisotopic (exact) mass is 665 g/mol. The minimum Gasteiger partial charge on any atom is -0.461 e. The molecule has 2 aromatic rings. The molecular formula is C24H31N3O13S3. The Hall–Kier alpha value is -3.55. The molecule has 0 saturated heterocycles. The number of nitrogens with one attached hydrogen (secondary N) is 1. The summed E-state index contributed by atoms with van der Waals surface area (Å²) < 4.78 is 93.0. The Morgan fingerprint density at radius 1 is 1.02 bits per heavy atom. The molecule has 1 N–H and O–H groups in total. The first-order valence-electron chi connectivity index (χ1n) is 12.6. The summed E-state index contributed by atoms with van der Waals surface area (Å²) >= 11 is 0. The van der Waals surface area contributed by atoms with Crippen molar-refractivity contribution < 1.29 is 52.7 Å². The van der Waals surface area contributed by atoms with Crippen LogP contribution in [0.25, 0.3) is 0 Å². The van der Waals surface area contributed by atoms with Crippen LogP contribution in [-0.2, 0) is 56.1 Å². The quantitative estimate of drug-likeness (QED) is 0.241. The molecule has 1 saturated carbocycles. The summed E-state index contributed by atoms with van der Waals surface area (Å²) in [5.41, 5.74) is -3.78. The van der Waals surface area contributed by atoms with Gasteiger partial charge in [-0.1, -0.05) is 30.3 Å². The molecule has 1 aromatic heterocycles. The number of esters is 1. The Balaban J connectivity index is 2.23. The van der Waals surface area contributed by atoms with Crippen molar-refractivity contribution in [1.82, 2.24) is 14.3 Å². The van der Waals surface area contributed by atoms with E-state index in [1.807, 2.05) is 0 Å². The summed E-state index contributed by atoms with van der Waals surface area (Å²) in [5, 5.41) is 2.55. The van der Waals surface area contributed by atoms with Crippen LogP contribution >= 0.6 is 0 Å². The molecule has 1 aromatic carbocycles. The van der Waals surface area contributed by atoms with Crippen molar-refractivity contribution in [2.75, 3.05) is 32.0 Å². The van der Waals surface area contributed by atoms with Gasteiger partial charge in [0.25, 0.3) is 10.1 Å². The summed E-state index contributed by atoms with van der Waals surface area (Å²) in [4.78, 5) is 43.6. The second-order valence-electron chi connectivity index (χ2n) is 9.82. The van der Waals surface area contributed by atoms with Gasteiger partial charge < -0.3 is 19.0 Å². The van der Waals surface area contributed by atoms with Gasteiger partial charge in [0.1, 0.15) is 12.1 Å². The molecule has 1 aliphatic rings. The summed E-state index contributed by atoms with van der Waals surface area (Å²) in [6, 6.07) is 8.56. The third-order valence-corrected chi connectivity index (χ3v) is 8.19. The van der Waals surface area contributed by atoms with Crippen molar-refractivity contribution in [3.8, 4) is 5.75 Å². The van der Waals surface area contributed by atoms with Crippen LogP contribution in [0.4, 0.5) is 4.79 Å². The molecule has 238 valence electrons. The third kappa shape index (κ3) is 8.97. The van der Waals surface area contributed by atoms with E-state index in [1.165, 1.54) is 6.92 Å². The van der Waals surface area contributed by atoms with Crippen molar-refractivity contribution in [2.45, 2.75) is 38.3 Å². The molecular weight excluding hydrogens is 634 g/mol. The lowest BCUT2D eigenvalue weighted by Gasteiger charge is -2.31. The first kappa shape index (κ1) is 33.9. The topological polar surface area (TPSA) is 220 Å². The fourth-order valence-electron chi connectivity index (χ4n) is 4.50. The Morgan fingerprint density at radius 3 is 2.23 bits per heavy atom. The van der Waals surface area contributed by atoms with Crippen LogP contribution in [0.1, 0.15) is 48.1 Å². The number of carbonyl (C=O) groups is 2. The van der Waals surface area contributed by atoms with Gasteiger partial charge >= 0.3 is 27.7 Å². The molecule has 2 unspecified atom stereocenters. The van der Waals surface area contributed by atoms with Crippen molar-refractivity contribution >= 4 is 42.3 Å². The molecule has 0 aliphatic heterocycles. The number of aromatic nitrogens is 2. The van der Waals surface area contributed by atoms with Gasteiger partial charge in [0, 0.05) is 0 Å². The van der Waals surface area contributed by atoms with Crippen molar-refractivity contribution in [1.29, 1.82) is 0 Å². The number of hydrogen-bond acceptors (Lipinski definition) is 14. The number of alkyl carbamates (subject to hydrolysis) is 1. The maximum absolute atomic E-state index is 13.6. The van der Waals surface area contributed by atoms with E-state index in [9.17, 15) is 39.6 Å². The highest BCUT2D eigenvalue weighted by Gasteiger charge is 2.48. The summed E-state index contributed by atoms with van der Waals surface area (Å²) in [7, 11) is -13.0. The second-order valence-corrected chi connectivity index (χ2v) is 14.9. The number of amides is 1. The SMILES string of the molecule is CCOC(=O)c1nc(C2(NC(=O)OCc3ccccc3)CCC(COS(C)(=O)=O)C2)n(S(C)(=O)=O)c(=O)c1OS(C)(=O)=O. The first-order chi connectivity index (χ1) is 19.8. The number of hydrogen-bond donors (Lipinski definition) is 1. The van der Waals surface area contributed by atoms with Crippen LogP contribution in [0, 0.1) is 5.92 Å². The van der Waals surface area contributed by atoms with Gasteiger partial charge in [-0.2, -0.15) is 20.8 Å². The predicted octanol–water partition coefficient (Wildman–Crippen LogP) is 0.464. The van der Waals surface area contributed by atoms with Crippen molar-refractivity contribution in [2.24, 2.45) is 5.92 Å². The van der Waals surface area contributed by atoms with E-state index in [2.05, 4.69) is 10.3 Å². The van der Waals surface area contributed by atoms with Gasteiger partial charge in [0.2, 0.25) is 15.8 Å². The lowest BCUT2D eigenvalue weighted by atomic mass is 9.94. The largest absolute Gasteiger partial charge is 0.461 e. The Morgan fingerprint density at radius 2 is 1.67 bits per heavy atom. The normalized spacial score (nSPS) is 19.0. The number of benzene rings is 1. The van der Waals surface area contributed by atoms with Gasteiger partial charge in [0.05, 0.1) is 32.0 Å². The Kier molecular flexibility index (Phi) is 10.2. The van der Waals surface area contributed by atoms with E-state index in [1.54, 1.807) is 30.3 Å². The van der Waals surface area contributed by atoms with E-state index in [4.69, 9.17) is 17.8 Å². The van der Waals surface area contributed by atoms with Crippen LogP contribution < -0.4 is 15.1 Å². The molecule has 0 spiro atoms.